The highest BCUT2D eigenvalue weighted by Crippen LogP contribution is 2.30. The molecule has 2 N–H and O–H groups in total. The van der Waals surface area contributed by atoms with Crippen LogP contribution in [0.2, 0.25) is 0 Å². The second kappa shape index (κ2) is 6.72. The average Bonchev–Trinajstić information content (AvgIpc) is 3.26. The van der Waals surface area contributed by atoms with Crippen LogP contribution >= 0.6 is 0 Å². The van der Waals surface area contributed by atoms with Gasteiger partial charge in [-0.05, 0) is 43.9 Å². The molecule has 7 nitrogen and oxygen atoms in total. The van der Waals surface area contributed by atoms with Crippen molar-refractivity contribution in [1.29, 1.82) is 0 Å². The molecule has 2 aliphatic rings. The average molecular weight is 374 g/mol. The molecule has 0 spiro atoms. The molecule has 0 radical (unpaired) electrons. The van der Waals surface area contributed by atoms with Crippen molar-refractivity contribution in [3.63, 3.8) is 0 Å². The van der Waals surface area contributed by atoms with Crippen LogP contribution in [0.5, 0.6) is 0 Å². The lowest BCUT2D eigenvalue weighted by Gasteiger charge is -2.21. The summed E-state index contributed by atoms with van der Waals surface area (Å²) in [6, 6.07) is 5.89. The number of sulfonamides is 2. The summed E-state index contributed by atoms with van der Waals surface area (Å²) in [4.78, 5) is -0.252. The van der Waals surface area contributed by atoms with Gasteiger partial charge in [-0.1, -0.05) is 12.1 Å². The quantitative estimate of drug-likeness (QED) is 0.807. The smallest absolute Gasteiger partial charge is 0.244 e. The van der Waals surface area contributed by atoms with Crippen molar-refractivity contribution in [2.45, 2.75) is 29.1 Å². The highest BCUT2D eigenvalue weighted by Gasteiger charge is 2.37. The Morgan fingerprint density at radius 1 is 0.917 bits per heavy atom. The van der Waals surface area contributed by atoms with E-state index < -0.39 is 20.0 Å². The lowest BCUT2D eigenvalue weighted by molar-refractivity contribution is 0.453. The molecule has 0 aliphatic carbocycles. The van der Waals surface area contributed by atoms with E-state index in [1.165, 1.54) is 20.7 Å². The van der Waals surface area contributed by atoms with E-state index in [-0.39, 0.29) is 15.7 Å². The molecule has 0 aromatic heterocycles. The molecule has 134 valence electrons. The Morgan fingerprint density at radius 3 is 1.96 bits per heavy atom. The van der Waals surface area contributed by atoms with Crippen LogP contribution in [0.4, 0.5) is 0 Å². The van der Waals surface area contributed by atoms with Crippen molar-refractivity contribution in [1.82, 2.24) is 8.61 Å². The van der Waals surface area contributed by atoms with Gasteiger partial charge >= 0.3 is 0 Å². The molecule has 1 aromatic carbocycles. The summed E-state index contributed by atoms with van der Waals surface area (Å²) in [6.45, 7) is 2.03. The number of hydrogen-bond donors (Lipinski definition) is 1. The van der Waals surface area contributed by atoms with Crippen LogP contribution in [0.15, 0.2) is 34.1 Å². The minimum atomic E-state index is -3.85. The predicted molar refractivity (Wildman–Crippen MR) is 90.4 cm³/mol. The standard InChI is InChI=1S/C15H23N3O4S2/c16-11-13-7-10-18(12-13)24(21,22)15-6-2-1-5-14(15)23(19,20)17-8-3-4-9-17/h1-2,5-6,13H,3-4,7-12,16H2. The van der Waals surface area contributed by atoms with Gasteiger partial charge in [-0.25, -0.2) is 16.8 Å². The fourth-order valence-electron chi connectivity index (χ4n) is 3.29. The van der Waals surface area contributed by atoms with E-state index in [4.69, 9.17) is 5.73 Å². The van der Waals surface area contributed by atoms with Gasteiger partial charge in [0.05, 0.1) is 0 Å². The molecule has 1 atom stereocenters. The Bertz CT molecular complexity index is 802. The fraction of sp³-hybridized carbons (Fsp3) is 0.600. The lowest BCUT2D eigenvalue weighted by Crippen LogP contribution is -2.33. The van der Waals surface area contributed by atoms with Crippen LogP contribution in [0.1, 0.15) is 19.3 Å². The molecular formula is C15H23N3O4S2. The molecule has 0 amide bonds. The molecule has 0 bridgehead atoms. The first kappa shape index (κ1) is 17.8. The van der Waals surface area contributed by atoms with Gasteiger partial charge in [0, 0.05) is 26.2 Å². The van der Waals surface area contributed by atoms with Crippen molar-refractivity contribution < 1.29 is 16.8 Å². The van der Waals surface area contributed by atoms with Gasteiger partial charge in [0.15, 0.2) is 0 Å². The SMILES string of the molecule is NCC1CCN(S(=O)(=O)c2ccccc2S(=O)(=O)N2CCCC2)C1. The van der Waals surface area contributed by atoms with Crippen molar-refractivity contribution in [2.24, 2.45) is 11.7 Å². The van der Waals surface area contributed by atoms with E-state index in [2.05, 4.69) is 0 Å². The summed E-state index contributed by atoms with van der Waals surface area (Å²) in [5.41, 5.74) is 5.64. The minimum Gasteiger partial charge on any atom is -0.330 e. The van der Waals surface area contributed by atoms with Gasteiger partial charge in [-0.15, -0.1) is 0 Å². The summed E-state index contributed by atoms with van der Waals surface area (Å²) in [6.07, 6.45) is 2.31. The van der Waals surface area contributed by atoms with Gasteiger partial charge < -0.3 is 5.73 Å². The Labute approximate surface area is 143 Å². The second-order valence-electron chi connectivity index (χ2n) is 6.31. The third kappa shape index (κ3) is 3.11. The maximum Gasteiger partial charge on any atom is 0.244 e. The van der Waals surface area contributed by atoms with Crippen molar-refractivity contribution in [3.05, 3.63) is 24.3 Å². The minimum absolute atomic E-state index is 0.122. The summed E-state index contributed by atoms with van der Waals surface area (Å²) in [5, 5.41) is 0. The van der Waals surface area contributed by atoms with Gasteiger partial charge in [0.1, 0.15) is 9.79 Å². The topological polar surface area (TPSA) is 101 Å². The molecule has 24 heavy (non-hydrogen) atoms. The molecule has 2 fully saturated rings. The Hall–Kier alpha value is -1.00. The van der Waals surface area contributed by atoms with Gasteiger partial charge in [0.2, 0.25) is 20.0 Å². The number of benzene rings is 1. The van der Waals surface area contributed by atoms with Crippen molar-refractivity contribution >= 4 is 20.0 Å². The normalized spacial score (nSPS) is 23.8. The molecule has 1 unspecified atom stereocenters. The lowest BCUT2D eigenvalue weighted by atomic mass is 10.1. The van der Waals surface area contributed by atoms with Crippen LogP contribution in [0.3, 0.4) is 0 Å². The number of rotatable bonds is 5. The predicted octanol–water partition coefficient (Wildman–Crippen LogP) is 0.440. The molecule has 2 heterocycles. The largest absolute Gasteiger partial charge is 0.330 e. The number of nitrogens with zero attached hydrogens (tertiary/aromatic N) is 2. The second-order valence-corrected chi connectivity index (χ2v) is 10.1. The van der Waals surface area contributed by atoms with Crippen LogP contribution < -0.4 is 5.73 Å². The van der Waals surface area contributed by atoms with Crippen molar-refractivity contribution in [2.75, 3.05) is 32.7 Å². The molecule has 2 saturated heterocycles. The van der Waals surface area contributed by atoms with Gasteiger partial charge in [0.25, 0.3) is 0 Å². The van der Waals surface area contributed by atoms with E-state index >= 15 is 0 Å². The van der Waals surface area contributed by atoms with Crippen LogP contribution in [0.25, 0.3) is 0 Å². The summed E-state index contributed by atoms with van der Waals surface area (Å²) in [5.74, 6) is 0.127. The Kier molecular flexibility index (Phi) is 4.99. The molecular weight excluding hydrogens is 350 g/mol. The van der Waals surface area contributed by atoms with E-state index in [9.17, 15) is 16.8 Å². The first-order valence-electron chi connectivity index (χ1n) is 8.17. The van der Waals surface area contributed by atoms with E-state index in [1.54, 1.807) is 12.1 Å². The molecule has 3 rings (SSSR count). The fourth-order valence-corrected chi connectivity index (χ4v) is 7.12. The molecule has 0 saturated carbocycles. The third-order valence-corrected chi connectivity index (χ3v) is 8.74. The number of nitrogens with two attached hydrogens (primary N) is 1. The Morgan fingerprint density at radius 2 is 1.46 bits per heavy atom. The first-order chi connectivity index (χ1) is 11.4. The zero-order valence-electron chi connectivity index (χ0n) is 13.5. The Balaban J connectivity index is 2.00. The summed E-state index contributed by atoms with van der Waals surface area (Å²) >= 11 is 0. The van der Waals surface area contributed by atoms with E-state index in [0.717, 1.165) is 12.8 Å². The monoisotopic (exact) mass is 373 g/mol. The van der Waals surface area contributed by atoms with Crippen LogP contribution in [0, 0.1) is 5.92 Å². The van der Waals surface area contributed by atoms with Gasteiger partial charge in [-0.2, -0.15) is 8.61 Å². The summed E-state index contributed by atoms with van der Waals surface area (Å²) in [7, 11) is -7.65. The van der Waals surface area contributed by atoms with Crippen LogP contribution in [-0.4, -0.2) is 58.2 Å². The highest BCUT2D eigenvalue weighted by molar-refractivity contribution is 7.92. The zero-order valence-corrected chi connectivity index (χ0v) is 15.1. The van der Waals surface area contributed by atoms with E-state index in [1.807, 2.05) is 0 Å². The van der Waals surface area contributed by atoms with Crippen LogP contribution in [-0.2, 0) is 20.0 Å². The van der Waals surface area contributed by atoms with Gasteiger partial charge in [-0.3, -0.25) is 0 Å². The summed E-state index contributed by atoms with van der Waals surface area (Å²) < 4.78 is 54.4. The molecule has 9 heteroatoms. The maximum absolute atomic E-state index is 13.0. The van der Waals surface area contributed by atoms with Crippen molar-refractivity contribution in [3.8, 4) is 0 Å². The third-order valence-electron chi connectivity index (χ3n) is 4.73. The zero-order chi connectivity index (χ0) is 17.4. The molecule has 2 aliphatic heterocycles. The number of hydrogen-bond acceptors (Lipinski definition) is 5. The first-order valence-corrected chi connectivity index (χ1v) is 11.0. The molecule has 1 aromatic rings. The highest BCUT2D eigenvalue weighted by atomic mass is 32.2. The maximum atomic E-state index is 13.0. The van der Waals surface area contributed by atoms with E-state index in [0.29, 0.717) is 39.1 Å².